The Bertz CT molecular complexity index is 525. The molecule has 2 nitrogen and oxygen atoms in total. The third-order valence-electron chi connectivity index (χ3n) is 2.43. The molecule has 18 heavy (non-hydrogen) atoms. The van der Waals surface area contributed by atoms with Crippen LogP contribution in [-0.4, -0.2) is 12.0 Å². The van der Waals surface area contributed by atoms with Gasteiger partial charge in [-0.05, 0) is 32.2 Å². The van der Waals surface area contributed by atoms with Gasteiger partial charge in [0.05, 0.1) is 11.4 Å². The van der Waals surface area contributed by atoms with E-state index in [9.17, 15) is 0 Å². The summed E-state index contributed by atoms with van der Waals surface area (Å²) in [5.74, 6) is 0.898. The lowest BCUT2D eigenvalue weighted by Gasteiger charge is -1.99. The second-order valence-electron chi connectivity index (χ2n) is 3.89. The first-order valence-corrected chi connectivity index (χ1v) is 7.85. The van der Waals surface area contributed by atoms with Crippen molar-refractivity contribution in [1.29, 1.82) is 0 Å². The van der Waals surface area contributed by atoms with Crippen molar-refractivity contribution in [2.45, 2.75) is 24.1 Å². The standard InChI is InChI=1S/C13H15ClN2S2/c1-9-12(7-15-2)18-13(16-9)8-17-11-5-3-4-10(14)6-11/h3-6,15H,7-8H2,1-2H3. The van der Waals surface area contributed by atoms with Gasteiger partial charge in [0.15, 0.2) is 0 Å². The molecule has 0 aliphatic heterocycles. The molecule has 1 N–H and O–H groups in total. The minimum atomic E-state index is 0.784. The minimum absolute atomic E-state index is 0.784. The van der Waals surface area contributed by atoms with E-state index in [-0.39, 0.29) is 0 Å². The number of halogens is 1. The maximum atomic E-state index is 5.96. The number of nitrogens with one attached hydrogen (secondary N) is 1. The van der Waals surface area contributed by atoms with Crippen LogP contribution in [0.4, 0.5) is 0 Å². The molecule has 1 heterocycles. The van der Waals surface area contributed by atoms with Gasteiger partial charge in [-0.2, -0.15) is 0 Å². The summed E-state index contributed by atoms with van der Waals surface area (Å²) in [5, 5.41) is 5.12. The third-order valence-corrected chi connectivity index (χ3v) is 5.01. The Morgan fingerprint density at radius 2 is 2.28 bits per heavy atom. The number of hydrogen-bond donors (Lipinski definition) is 1. The van der Waals surface area contributed by atoms with Crippen LogP contribution in [0.25, 0.3) is 0 Å². The molecule has 0 spiro atoms. The topological polar surface area (TPSA) is 24.9 Å². The van der Waals surface area contributed by atoms with E-state index in [0.717, 1.165) is 23.0 Å². The highest BCUT2D eigenvalue weighted by atomic mass is 35.5. The van der Waals surface area contributed by atoms with Crippen molar-refractivity contribution in [2.24, 2.45) is 0 Å². The van der Waals surface area contributed by atoms with Gasteiger partial charge in [0.1, 0.15) is 5.01 Å². The second kappa shape index (κ2) is 6.57. The molecule has 2 rings (SSSR count). The van der Waals surface area contributed by atoms with E-state index in [1.807, 2.05) is 25.2 Å². The zero-order valence-corrected chi connectivity index (χ0v) is 12.8. The lowest BCUT2D eigenvalue weighted by atomic mass is 10.4. The van der Waals surface area contributed by atoms with Crippen molar-refractivity contribution in [2.75, 3.05) is 7.05 Å². The fourth-order valence-corrected chi connectivity index (χ4v) is 3.86. The molecule has 0 radical (unpaired) electrons. The van der Waals surface area contributed by atoms with Crippen molar-refractivity contribution < 1.29 is 0 Å². The highest BCUT2D eigenvalue weighted by Crippen LogP contribution is 2.28. The number of thiazole rings is 1. The number of rotatable bonds is 5. The fraction of sp³-hybridized carbons (Fsp3) is 0.308. The smallest absolute Gasteiger partial charge is 0.103 e. The summed E-state index contributed by atoms with van der Waals surface area (Å²) in [5.41, 5.74) is 1.14. The maximum absolute atomic E-state index is 5.96. The van der Waals surface area contributed by atoms with Crippen LogP contribution in [0.15, 0.2) is 29.2 Å². The summed E-state index contributed by atoms with van der Waals surface area (Å²) in [4.78, 5) is 7.10. The van der Waals surface area contributed by atoms with Crippen molar-refractivity contribution in [3.63, 3.8) is 0 Å². The van der Waals surface area contributed by atoms with E-state index in [0.29, 0.717) is 0 Å². The Morgan fingerprint density at radius 3 is 3.00 bits per heavy atom. The quantitative estimate of drug-likeness (QED) is 0.841. The molecule has 0 bridgehead atoms. The zero-order chi connectivity index (χ0) is 13.0. The summed E-state index contributed by atoms with van der Waals surface area (Å²) in [6.45, 7) is 2.96. The normalized spacial score (nSPS) is 10.8. The molecule has 0 saturated heterocycles. The Hall–Kier alpha value is -0.550. The molecule has 0 atom stereocenters. The summed E-state index contributed by atoms with van der Waals surface area (Å²) >= 11 is 9.51. The maximum Gasteiger partial charge on any atom is 0.103 e. The zero-order valence-electron chi connectivity index (χ0n) is 10.4. The van der Waals surface area contributed by atoms with Crippen LogP contribution in [0.5, 0.6) is 0 Å². The van der Waals surface area contributed by atoms with E-state index in [4.69, 9.17) is 11.6 Å². The van der Waals surface area contributed by atoms with Gasteiger partial charge < -0.3 is 5.32 Å². The number of benzene rings is 1. The molecule has 0 fully saturated rings. The van der Waals surface area contributed by atoms with Gasteiger partial charge in [-0.15, -0.1) is 23.1 Å². The van der Waals surface area contributed by atoms with Gasteiger partial charge in [-0.3, -0.25) is 0 Å². The van der Waals surface area contributed by atoms with Gasteiger partial charge in [0, 0.05) is 21.3 Å². The molecule has 0 saturated carbocycles. The molecule has 2 aromatic rings. The van der Waals surface area contributed by atoms with Gasteiger partial charge >= 0.3 is 0 Å². The van der Waals surface area contributed by atoms with Crippen molar-refractivity contribution >= 4 is 34.7 Å². The summed E-state index contributed by atoms with van der Waals surface area (Å²) in [6, 6.07) is 7.93. The summed E-state index contributed by atoms with van der Waals surface area (Å²) < 4.78 is 0. The molecular formula is C13H15ClN2S2. The average molecular weight is 299 g/mol. The average Bonchev–Trinajstić information content (AvgIpc) is 2.69. The van der Waals surface area contributed by atoms with Crippen molar-refractivity contribution in [3.8, 4) is 0 Å². The van der Waals surface area contributed by atoms with Crippen LogP contribution in [-0.2, 0) is 12.3 Å². The number of nitrogens with zero attached hydrogens (tertiary/aromatic N) is 1. The SMILES string of the molecule is CNCc1sc(CSc2cccc(Cl)c2)nc1C. The predicted octanol–water partition coefficient (Wildman–Crippen LogP) is 4.12. The molecule has 1 aromatic carbocycles. The predicted molar refractivity (Wildman–Crippen MR) is 80.6 cm³/mol. The molecule has 5 heteroatoms. The van der Waals surface area contributed by atoms with Crippen LogP contribution in [0, 0.1) is 6.92 Å². The highest BCUT2D eigenvalue weighted by molar-refractivity contribution is 7.98. The first-order chi connectivity index (χ1) is 8.69. The Balaban J connectivity index is 2.00. The third kappa shape index (κ3) is 3.72. The molecule has 0 aliphatic carbocycles. The highest BCUT2D eigenvalue weighted by Gasteiger charge is 2.07. The molecule has 96 valence electrons. The molecular weight excluding hydrogens is 284 g/mol. The molecule has 1 aromatic heterocycles. The van der Waals surface area contributed by atoms with Crippen molar-refractivity contribution in [3.05, 3.63) is 44.9 Å². The summed E-state index contributed by atoms with van der Waals surface area (Å²) in [7, 11) is 1.96. The monoisotopic (exact) mass is 298 g/mol. The lowest BCUT2D eigenvalue weighted by Crippen LogP contribution is -2.04. The number of aryl methyl sites for hydroxylation is 1. The van der Waals surface area contributed by atoms with Crippen LogP contribution in [0.3, 0.4) is 0 Å². The van der Waals surface area contributed by atoms with Gasteiger partial charge in [-0.25, -0.2) is 4.98 Å². The lowest BCUT2D eigenvalue weighted by molar-refractivity contribution is 0.822. The number of aromatic nitrogens is 1. The van der Waals surface area contributed by atoms with Crippen LogP contribution in [0.1, 0.15) is 15.6 Å². The first kappa shape index (κ1) is 13.9. The van der Waals surface area contributed by atoms with E-state index in [2.05, 4.69) is 23.3 Å². The summed E-state index contributed by atoms with van der Waals surface area (Å²) in [6.07, 6.45) is 0. The van der Waals surface area contributed by atoms with Crippen LogP contribution < -0.4 is 5.32 Å². The number of hydrogen-bond acceptors (Lipinski definition) is 4. The largest absolute Gasteiger partial charge is 0.315 e. The van der Waals surface area contributed by atoms with Gasteiger partial charge in [0.25, 0.3) is 0 Å². The fourth-order valence-electron chi connectivity index (χ4n) is 1.58. The Morgan fingerprint density at radius 1 is 1.44 bits per heavy atom. The van der Waals surface area contributed by atoms with Crippen molar-refractivity contribution in [1.82, 2.24) is 10.3 Å². The van der Waals surface area contributed by atoms with E-state index >= 15 is 0 Å². The van der Waals surface area contributed by atoms with Crippen LogP contribution >= 0.6 is 34.7 Å². The van der Waals surface area contributed by atoms with Gasteiger partial charge in [-0.1, -0.05) is 17.7 Å². The first-order valence-electron chi connectivity index (χ1n) is 5.67. The van der Waals surface area contributed by atoms with E-state index in [1.54, 1.807) is 23.1 Å². The van der Waals surface area contributed by atoms with E-state index < -0.39 is 0 Å². The van der Waals surface area contributed by atoms with Crippen LogP contribution in [0.2, 0.25) is 5.02 Å². The molecule has 0 amide bonds. The second-order valence-corrected chi connectivity index (χ2v) is 6.55. The van der Waals surface area contributed by atoms with Gasteiger partial charge in [0.2, 0.25) is 0 Å². The molecule has 0 aliphatic rings. The minimum Gasteiger partial charge on any atom is -0.315 e. The molecule has 0 unspecified atom stereocenters. The Kier molecular flexibility index (Phi) is 5.06. The Labute approximate surface area is 121 Å². The van der Waals surface area contributed by atoms with E-state index in [1.165, 1.54) is 14.8 Å². The number of thioether (sulfide) groups is 1.